The Morgan fingerprint density at radius 2 is 1.96 bits per heavy atom. The molecule has 23 heavy (non-hydrogen) atoms. The van der Waals surface area contributed by atoms with Crippen LogP contribution in [0.3, 0.4) is 0 Å². The Morgan fingerprint density at radius 3 is 2.74 bits per heavy atom. The van der Waals surface area contributed by atoms with Gasteiger partial charge in [-0.25, -0.2) is 4.39 Å². The number of hydrogen-bond donors (Lipinski definition) is 1. The lowest BCUT2D eigenvalue weighted by molar-refractivity contribution is 0.301. The van der Waals surface area contributed by atoms with Crippen LogP contribution < -0.4 is 0 Å². The first-order valence-electron chi connectivity index (χ1n) is 8.36. The topological polar surface area (TPSA) is 23.5 Å². The van der Waals surface area contributed by atoms with Crippen LogP contribution in [0.15, 0.2) is 42.5 Å². The molecule has 0 aliphatic heterocycles. The highest BCUT2D eigenvalue weighted by molar-refractivity contribution is 5.38. The average molecular weight is 313 g/mol. The summed E-state index contributed by atoms with van der Waals surface area (Å²) in [6.45, 7) is 1.99. The van der Waals surface area contributed by atoms with Crippen molar-refractivity contribution in [3.8, 4) is 5.75 Å². The molecular formula is C20H24FNO. The number of aryl methyl sites for hydroxylation is 1. The minimum atomic E-state index is -0.177. The predicted molar refractivity (Wildman–Crippen MR) is 91.4 cm³/mol. The highest BCUT2D eigenvalue weighted by atomic mass is 19.1. The molecule has 0 bridgehead atoms. The van der Waals surface area contributed by atoms with Crippen LogP contribution in [0.4, 0.5) is 4.39 Å². The fourth-order valence-corrected chi connectivity index (χ4v) is 3.53. The molecule has 1 aliphatic carbocycles. The molecule has 0 heterocycles. The summed E-state index contributed by atoms with van der Waals surface area (Å²) >= 11 is 0. The van der Waals surface area contributed by atoms with Crippen LogP contribution in [-0.4, -0.2) is 30.1 Å². The van der Waals surface area contributed by atoms with Crippen LogP contribution >= 0.6 is 0 Å². The number of benzene rings is 2. The molecule has 1 N–H and O–H groups in total. The third-order valence-corrected chi connectivity index (χ3v) is 4.79. The summed E-state index contributed by atoms with van der Waals surface area (Å²) in [5, 5.41) is 9.65. The van der Waals surface area contributed by atoms with Gasteiger partial charge in [0.1, 0.15) is 11.6 Å². The molecular weight excluding hydrogens is 289 g/mol. The summed E-state index contributed by atoms with van der Waals surface area (Å²) in [4.78, 5) is 2.36. The predicted octanol–water partition coefficient (Wildman–Crippen LogP) is 4.13. The summed E-state index contributed by atoms with van der Waals surface area (Å²) in [6, 6.07) is 12.6. The summed E-state index contributed by atoms with van der Waals surface area (Å²) in [7, 11) is 2.15. The van der Waals surface area contributed by atoms with E-state index in [1.54, 1.807) is 6.07 Å². The van der Waals surface area contributed by atoms with Crippen molar-refractivity contribution in [2.45, 2.75) is 31.6 Å². The second-order valence-corrected chi connectivity index (χ2v) is 6.61. The SMILES string of the molecule is CN(CCc1ccc(F)cc1)CC1CCCc2cc(O)ccc21. The first-order valence-corrected chi connectivity index (χ1v) is 8.36. The highest BCUT2D eigenvalue weighted by Crippen LogP contribution is 2.33. The van der Waals surface area contributed by atoms with Gasteiger partial charge in [0.15, 0.2) is 0 Å². The van der Waals surface area contributed by atoms with Crippen molar-refractivity contribution in [1.29, 1.82) is 0 Å². The Morgan fingerprint density at radius 1 is 1.17 bits per heavy atom. The Labute approximate surface area is 137 Å². The Kier molecular flexibility index (Phi) is 4.97. The molecule has 0 amide bonds. The maximum atomic E-state index is 12.9. The van der Waals surface area contributed by atoms with Crippen LogP contribution in [0, 0.1) is 5.82 Å². The first kappa shape index (κ1) is 16.0. The fourth-order valence-electron chi connectivity index (χ4n) is 3.53. The zero-order valence-electron chi connectivity index (χ0n) is 13.6. The van der Waals surface area contributed by atoms with E-state index in [2.05, 4.69) is 18.0 Å². The van der Waals surface area contributed by atoms with Crippen molar-refractivity contribution < 1.29 is 9.50 Å². The Hall–Kier alpha value is -1.87. The number of phenolic OH excluding ortho intramolecular Hbond substituents is 1. The maximum Gasteiger partial charge on any atom is 0.123 e. The number of likely N-dealkylation sites (N-methyl/N-ethyl adjacent to an activating group) is 1. The van der Waals surface area contributed by atoms with Gasteiger partial charge in [-0.2, -0.15) is 0 Å². The van der Waals surface area contributed by atoms with Crippen LogP contribution in [-0.2, 0) is 12.8 Å². The minimum absolute atomic E-state index is 0.177. The Bertz CT molecular complexity index is 653. The van der Waals surface area contributed by atoms with E-state index in [9.17, 15) is 9.50 Å². The number of hydrogen-bond acceptors (Lipinski definition) is 2. The lowest BCUT2D eigenvalue weighted by Crippen LogP contribution is -2.28. The molecule has 2 aromatic carbocycles. The van der Waals surface area contributed by atoms with Crippen molar-refractivity contribution in [2.75, 3.05) is 20.1 Å². The van der Waals surface area contributed by atoms with Gasteiger partial charge in [-0.05, 0) is 79.6 Å². The summed E-state index contributed by atoms with van der Waals surface area (Å²) in [5.41, 5.74) is 3.86. The van der Waals surface area contributed by atoms with Gasteiger partial charge in [-0.3, -0.25) is 0 Å². The van der Waals surface area contributed by atoms with Crippen LogP contribution in [0.25, 0.3) is 0 Å². The molecule has 0 fully saturated rings. The standard InChI is InChI=1S/C20H24FNO/c1-22(12-11-15-5-7-18(21)8-6-15)14-17-4-2-3-16-13-19(23)9-10-20(16)17/h5-10,13,17,23H,2-4,11-12,14H2,1H3. The number of aromatic hydroxyl groups is 1. The van der Waals surface area contributed by atoms with Gasteiger partial charge in [-0.15, -0.1) is 0 Å². The van der Waals surface area contributed by atoms with Gasteiger partial charge >= 0.3 is 0 Å². The van der Waals surface area contributed by atoms with Gasteiger partial charge in [-0.1, -0.05) is 18.2 Å². The molecule has 1 atom stereocenters. The second-order valence-electron chi connectivity index (χ2n) is 6.61. The van der Waals surface area contributed by atoms with Crippen molar-refractivity contribution in [3.63, 3.8) is 0 Å². The molecule has 0 radical (unpaired) electrons. The summed E-state index contributed by atoms with van der Waals surface area (Å²) < 4.78 is 12.9. The molecule has 122 valence electrons. The molecule has 3 heteroatoms. The summed E-state index contributed by atoms with van der Waals surface area (Å²) in [6.07, 6.45) is 4.40. The van der Waals surface area contributed by atoms with Gasteiger partial charge in [0, 0.05) is 13.1 Å². The monoisotopic (exact) mass is 313 g/mol. The van der Waals surface area contributed by atoms with Gasteiger partial charge < -0.3 is 10.0 Å². The summed E-state index contributed by atoms with van der Waals surface area (Å²) in [5.74, 6) is 0.732. The quantitative estimate of drug-likeness (QED) is 0.897. The number of halogens is 1. The molecule has 0 saturated heterocycles. The number of fused-ring (bicyclic) bond motifs is 1. The van der Waals surface area contributed by atoms with E-state index >= 15 is 0 Å². The molecule has 0 aromatic heterocycles. The van der Waals surface area contributed by atoms with E-state index in [0.717, 1.165) is 25.9 Å². The first-order chi connectivity index (χ1) is 11.1. The van der Waals surface area contributed by atoms with Gasteiger partial charge in [0.25, 0.3) is 0 Å². The zero-order chi connectivity index (χ0) is 16.2. The molecule has 2 nitrogen and oxygen atoms in total. The molecule has 0 saturated carbocycles. The van der Waals surface area contributed by atoms with E-state index in [4.69, 9.17) is 0 Å². The van der Waals surface area contributed by atoms with Crippen molar-refractivity contribution in [2.24, 2.45) is 0 Å². The van der Waals surface area contributed by atoms with Crippen LogP contribution in [0.5, 0.6) is 5.75 Å². The largest absolute Gasteiger partial charge is 0.508 e. The second kappa shape index (κ2) is 7.14. The molecule has 3 rings (SSSR count). The highest BCUT2D eigenvalue weighted by Gasteiger charge is 2.21. The van der Waals surface area contributed by atoms with Gasteiger partial charge in [0.05, 0.1) is 0 Å². The third-order valence-electron chi connectivity index (χ3n) is 4.79. The number of rotatable bonds is 5. The van der Waals surface area contributed by atoms with E-state index in [0.29, 0.717) is 11.7 Å². The normalized spacial score (nSPS) is 17.3. The van der Waals surface area contributed by atoms with Crippen LogP contribution in [0.1, 0.15) is 35.4 Å². The average Bonchev–Trinajstić information content (AvgIpc) is 2.54. The molecule has 0 spiro atoms. The van der Waals surface area contributed by atoms with Crippen LogP contribution in [0.2, 0.25) is 0 Å². The lowest BCUT2D eigenvalue weighted by atomic mass is 9.82. The van der Waals surface area contributed by atoms with Crippen molar-refractivity contribution >= 4 is 0 Å². The molecule has 1 unspecified atom stereocenters. The molecule has 1 aliphatic rings. The van der Waals surface area contributed by atoms with E-state index in [-0.39, 0.29) is 5.82 Å². The minimum Gasteiger partial charge on any atom is -0.508 e. The van der Waals surface area contributed by atoms with Crippen molar-refractivity contribution in [1.82, 2.24) is 4.90 Å². The smallest absolute Gasteiger partial charge is 0.123 e. The van der Waals surface area contributed by atoms with Crippen molar-refractivity contribution in [3.05, 3.63) is 65.0 Å². The third kappa shape index (κ3) is 4.11. The Balaban J connectivity index is 1.58. The van der Waals surface area contributed by atoms with Gasteiger partial charge in [0.2, 0.25) is 0 Å². The maximum absolute atomic E-state index is 12.9. The van der Waals surface area contributed by atoms with E-state index in [1.807, 2.05) is 18.2 Å². The van der Waals surface area contributed by atoms with E-state index < -0.39 is 0 Å². The molecule has 2 aromatic rings. The zero-order valence-corrected chi connectivity index (χ0v) is 13.6. The lowest BCUT2D eigenvalue weighted by Gasteiger charge is -2.29. The fraction of sp³-hybridized carbons (Fsp3) is 0.400. The van der Waals surface area contributed by atoms with E-state index in [1.165, 1.54) is 41.7 Å². The number of phenols is 1. The number of nitrogens with zero attached hydrogens (tertiary/aromatic N) is 1.